The van der Waals surface area contributed by atoms with E-state index in [2.05, 4.69) is 52.0 Å². The molecule has 0 radical (unpaired) electrons. The largest absolute Gasteiger partial charge is 0.352 e. The lowest BCUT2D eigenvalue weighted by Gasteiger charge is -2.28. The average Bonchev–Trinajstić information content (AvgIpc) is 3.54. The van der Waals surface area contributed by atoms with Crippen LogP contribution in [0.4, 0.5) is 5.82 Å². The van der Waals surface area contributed by atoms with E-state index in [9.17, 15) is 0 Å². The maximum Gasteiger partial charge on any atom is 0.146 e. The lowest BCUT2D eigenvalue weighted by Crippen LogP contribution is -2.30. The highest BCUT2D eigenvalue weighted by molar-refractivity contribution is 7.18. The molecule has 0 unspecified atom stereocenters. The molecule has 164 valence electrons. The number of hydrogen-bond donors (Lipinski definition) is 1. The molecule has 4 aromatic heterocycles. The van der Waals surface area contributed by atoms with Gasteiger partial charge in [-0.15, -0.1) is 11.3 Å². The van der Waals surface area contributed by atoms with Crippen LogP contribution < -0.4 is 4.90 Å². The molecule has 0 bridgehead atoms. The summed E-state index contributed by atoms with van der Waals surface area (Å²) in [6.07, 6.45) is 9.87. The van der Waals surface area contributed by atoms with Crippen LogP contribution in [0.15, 0.2) is 30.6 Å². The fourth-order valence-electron chi connectivity index (χ4n) is 5.04. The van der Waals surface area contributed by atoms with Crippen LogP contribution in [-0.2, 0) is 6.54 Å². The highest BCUT2D eigenvalue weighted by atomic mass is 32.1. The topological polar surface area (TPSA) is 60.9 Å². The molecule has 4 aromatic rings. The summed E-state index contributed by atoms with van der Waals surface area (Å²) >= 11 is 1.81. The molecular formula is C25H28N6S. The fourth-order valence-corrected chi connectivity index (χ4v) is 6.08. The number of aryl methyl sites for hydroxylation is 2. The third kappa shape index (κ3) is 3.40. The van der Waals surface area contributed by atoms with Gasteiger partial charge in [-0.2, -0.15) is 0 Å². The van der Waals surface area contributed by atoms with Gasteiger partial charge in [0.1, 0.15) is 22.1 Å². The highest BCUT2D eigenvalue weighted by Gasteiger charge is 2.23. The van der Waals surface area contributed by atoms with Crippen LogP contribution >= 0.6 is 11.3 Å². The van der Waals surface area contributed by atoms with E-state index in [1.54, 1.807) is 11.3 Å². The summed E-state index contributed by atoms with van der Waals surface area (Å²) in [5.74, 6) is 2.08. The lowest BCUT2D eigenvalue weighted by molar-refractivity contribution is 0.323. The van der Waals surface area contributed by atoms with Crippen LogP contribution in [0.5, 0.6) is 0 Å². The smallest absolute Gasteiger partial charge is 0.146 e. The van der Waals surface area contributed by atoms with Crippen LogP contribution in [0.1, 0.15) is 41.1 Å². The third-order valence-corrected chi connectivity index (χ3v) is 8.03. The molecule has 2 aliphatic rings. The average molecular weight is 445 g/mol. The van der Waals surface area contributed by atoms with Crippen molar-refractivity contribution in [3.63, 3.8) is 0 Å². The van der Waals surface area contributed by atoms with Crippen molar-refractivity contribution in [1.29, 1.82) is 0 Å². The van der Waals surface area contributed by atoms with Crippen molar-refractivity contribution in [2.45, 2.75) is 39.7 Å². The zero-order valence-electron chi connectivity index (χ0n) is 18.7. The van der Waals surface area contributed by atoms with Crippen molar-refractivity contribution in [2.75, 3.05) is 31.1 Å². The second-order valence-electron chi connectivity index (χ2n) is 8.94. The highest BCUT2D eigenvalue weighted by Crippen LogP contribution is 2.37. The fraction of sp³-hybridized carbons (Fsp3) is 0.400. The molecule has 0 amide bonds. The Morgan fingerprint density at radius 3 is 2.81 bits per heavy atom. The molecule has 6 rings (SSSR count). The number of pyridine rings is 1. The van der Waals surface area contributed by atoms with Gasteiger partial charge in [-0.05, 0) is 69.5 Å². The van der Waals surface area contributed by atoms with Crippen LogP contribution in [0, 0.1) is 13.8 Å². The van der Waals surface area contributed by atoms with Gasteiger partial charge in [0.2, 0.25) is 0 Å². The maximum absolute atomic E-state index is 5.13. The van der Waals surface area contributed by atoms with Crippen LogP contribution in [0.25, 0.3) is 26.8 Å². The SMILES string of the molecule is Cc1sc2nc(CN3CCCC3)nc(N3CC=C(c4c[nH]c5ncccc45)CC3)c2c1C. The summed E-state index contributed by atoms with van der Waals surface area (Å²) in [6.45, 7) is 9.42. The van der Waals surface area contributed by atoms with Crippen molar-refractivity contribution >= 4 is 44.0 Å². The van der Waals surface area contributed by atoms with Crippen molar-refractivity contribution in [3.05, 3.63) is 52.4 Å². The molecule has 0 aliphatic carbocycles. The minimum atomic E-state index is 0.857. The second-order valence-corrected chi connectivity index (χ2v) is 10.1. The van der Waals surface area contributed by atoms with E-state index in [1.165, 1.54) is 45.2 Å². The van der Waals surface area contributed by atoms with E-state index < -0.39 is 0 Å². The van der Waals surface area contributed by atoms with Gasteiger partial charge in [-0.25, -0.2) is 15.0 Å². The summed E-state index contributed by atoms with van der Waals surface area (Å²) in [4.78, 5) is 25.3. The zero-order valence-corrected chi connectivity index (χ0v) is 19.5. The Morgan fingerprint density at radius 2 is 2.00 bits per heavy atom. The Labute approximate surface area is 192 Å². The molecule has 1 saturated heterocycles. The molecule has 0 aromatic carbocycles. The molecule has 0 spiro atoms. The summed E-state index contributed by atoms with van der Waals surface area (Å²) in [5.41, 5.74) is 4.95. The first-order valence-corrected chi connectivity index (χ1v) is 12.3. The Morgan fingerprint density at radius 1 is 1.12 bits per heavy atom. The Balaban J connectivity index is 1.35. The molecule has 1 N–H and O–H groups in total. The molecule has 32 heavy (non-hydrogen) atoms. The molecule has 2 aliphatic heterocycles. The molecule has 6 heterocycles. The van der Waals surface area contributed by atoms with Crippen molar-refractivity contribution in [3.8, 4) is 0 Å². The summed E-state index contributed by atoms with van der Waals surface area (Å²) in [6, 6.07) is 4.16. The second kappa shape index (κ2) is 7.98. The predicted molar refractivity (Wildman–Crippen MR) is 132 cm³/mol. The van der Waals surface area contributed by atoms with E-state index in [1.807, 2.05) is 12.3 Å². The number of anilines is 1. The standard InChI is InChI=1S/C25H28N6S/c1-16-17(2)32-25-22(16)24(28-21(29-25)15-30-10-3-4-11-30)31-12-7-18(8-13-31)20-14-27-23-19(20)6-5-9-26-23/h5-7,9,14H,3-4,8,10-13,15H2,1-2H3,(H,26,27). The number of rotatable bonds is 4. The molecular weight excluding hydrogens is 416 g/mol. The van der Waals surface area contributed by atoms with E-state index in [4.69, 9.17) is 9.97 Å². The van der Waals surface area contributed by atoms with E-state index in [0.29, 0.717) is 0 Å². The number of aromatic amines is 1. The van der Waals surface area contributed by atoms with Crippen molar-refractivity contribution in [2.24, 2.45) is 0 Å². The number of nitrogens with one attached hydrogen (secondary N) is 1. The lowest BCUT2D eigenvalue weighted by atomic mass is 9.99. The first kappa shape index (κ1) is 19.9. The number of nitrogens with zero attached hydrogens (tertiary/aromatic N) is 5. The van der Waals surface area contributed by atoms with E-state index >= 15 is 0 Å². The minimum absolute atomic E-state index is 0.857. The van der Waals surface area contributed by atoms with Gasteiger partial charge in [0, 0.05) is 41.3 Å². The first-order valence-electron chi connectivity index (χ1n) is 11.5. The number of hydrogen-bond acceptors (Lipinski definition) is 6. The van der Waals surface area contributed by atoms with Crippen molar-refractivity contribution < 1.29 is 0 Å². The monoisotopic (exact) mass is 444 g/mol. The first-order chi connectivity index (χ1) is 15.7. The van der Waals surface area contributed by atoms with Gasteiger partial charge >= 0.3 is 0 Å². The Hall–Kier alpha value is -2.77. The number of fused-ring (bicyclic) bond motifs is 2. The van der Waals surface area contributed by atoms with Gasteiger partial charge in [0.05, 0.1) is 11.9 Å². The number of H-pyrrole nitrogens is 1. The van der Waals surface area contributed by atoms with E-state index in [0.717, 1.165) is 61.3 Å². The van der Waals surface area contributed by atoms with Crippen LogP contribution in [0.2, 0.25) is 0 Å². The van der Waals surface area contributed by atoms with Gasteiger partial charge in [0.15, 0.2) is 0 Å². The van der Waals surface area contributed by atoms with Gasteiger partial charge in [-0.3, -0.25) is 4.90 Å². The summed E-state index contributed by atoms with van der Waals surface area (Å²) < 4.78 is 0. The molecule has 7 heteroatoms. The molecule has 6 nitrogen and oxygen atoms in total. The maximum atomic E-state index is 5.13. The predicted octanol–water partition coefficient (Wildman–Crippen LogP) is 5.07. The summed E-state index contributed by atoms with van der Waals surface area (Å²) in [5, 5.41) is 2.44. The van der Waals surface area contributed by atoms with Gasteiger partial charge < -0.3 is 9.88 Å². The zero-order chi connectivity index (χ0) is 21.7. The van der Waals surface area contributed by atoms with E-state index in [-0.39, 0.29) is 0 Å². The Kier molecular flexibility index (Phi) is 4.96. The number of aromatic nitrogens is 4. The molecule has 0 saturated carbocycles. The van der Waals surface area contributed by atoms with Crippen LogP contribution in [-0.4, -0.2) is 51.0 Å². The van der Waals surface area contributed by atoms with Gasteiger partial charge in [-0.1, -0.05) is 6.08 Å². The summed E-state index contributed by atoms with van der Waals surface area (Å²) in [7, 11) is 0. The number of thiophene rings is 1. The number of likely N-dealkylation sites (tertiary alicyclic amines) is 1. The van der Waals surface area contributed by atoms with Gasteiger partial charge in [0.25, 0.3) is 0 Å². The third-order valence-electron chi connectivity index (χ3n) is 6.93. The van der Waals surface area contributed by atoms with Crippen molar-refractivity contribution in [1.82, 2.24) is 24.8 Å². The van der Waals surface area contributed by atoms with Crippen LogP contribution in [0.3, 0.4) is 0 Å². The molecule has 0 atom stereocenters. The molecule has 1 fully saturated rings. The Bertz CT molecular complexity index is 1330. The quantitative estimate of drug-likeness (QED) is 0.476. The minimum Gasteiger partial charge on any atom is -0.352 e. The normalized spacial score (nSPS) is 17.6.